The lowest BCUT2D eigenvalue weighted by atomic mass is 10.1. The first-order valence-electron chi connectivity index (χ1n) is 7.38. The molecule has 18 heavy (non-hydrogen) atoms. The molecular weight excluding hydrogens is 226 g/mol. The third kappa shape index (κ3) is 5.36. The molecular formula is C14H29N3O. The summed E-state index contributed by atoms with van der Waals surface area (Å²) in [7, 11) is 2.12. The molecule has 1 unspecified atom stereocenters. The zero-order valence-corrected chi connectivity index (χ0v) is 12.0. The van der Waals surface area contributed by atoms with E-state index in [4.69, 9.17) is 5.73 Å². The van der Waals surface area contributed by atoms with Crippen LogP contribution in [0.1, 0.15) is 51.9 Å². The second-order valence-electron chi connectivity index (χ2n) is 5.49. The molecule has 106 valence electrons. The Kier molecular flexibility index (Phi) is 7.28. The first kappa shape index (κ1) is 15.4. The van der Waals surface area contributed by atoms with Crippen molar-refractivity contribution in [1.29, 1.82) is 0 Å². The topological polar surface area (TPSA) is 58.4 Å². The van der Waals surface area contributed by atoms with E-state index in [-0.39, 0.29) is 11.9 Å². The summed E-state index contributed by atoms with van der Waals surface area (Å²) in [5.41, 5.74) is 5.46. The number of carbonyl (C=O) groups is 1. The summed E-state index contributed by atoms with van der Waals surface area (Å²) >= 11 is 0. The Balaban J connectivity index is 2.42. The van der Waals surface area contributed by atoms with Crippen LogP contribution in [0.3, 0.4) is 0 Å². The number of likely N-dealkylation sites (N-methyl/N-ethyl adjacent to an activating group) is 1. The highest BCUT2D eigenvalue weighted by molar-refractivity contribution is 5.80. The van der Waals surface area contributed by atoms with Crippen molar-refractivity contribution in [1.82, 2.24) is 10.2 Å². The Morgan fingerprint density at radius 3 is 2.44 bits per heavy atom. The van der Waals surface area contributed by atoms with Gasteiger partial charge in [-0.25, -0.2) is 0 Å². The number of amides is 1. The first-order chi connectivity index (χ1) is 8.65. The van der Waals surface area contributed by atoms with Crippen molar-refractivity contribution < 1.29 is 4.79 Å². The second kappa shape index (κ2) is 8.48. The molecule has 1 aliphatic carbocycles. The van der Waals surface area contributed by atoms with E-state index in [9.17, 15) is 4.79 Å². The van der Waals surface area contributed by atoms with E-state index in [0.29, 0.717) is 6.04 Å². The van der Waals surface area contributed by atoms with Crippen molar-refractivity contribution in [3.8, 4) is 0 Å². The van der Waals surface area contributed by atoms with Gasteiger partial charge in [0.1, 0.15) is 0 Å². The Morgan fingerprint density at radius 2 is 1.94 bits per heavy atom. The minimum Gasteiger partial charge on any atom is -0.368 e. The van der Waals surface area contributed by atoms with Gasteiger partial charge in [-0.1, -0.05) is 32.6 Å². The van der Waals surface area contributed by atoms with Crippen molar-refractivity contribution in [3.63, 3.8) is 0 Å². The zero-order valence-electron chi connectivity index (χ0n) is 12.0. The summed E-state index contributed by atoms with van der Waals surface area (Å²) < 4.78 is 0. The Labute approximate surface area is 111 Å². The summed E-state index contributed by atoms with van der Waals surface area (Å²) in [6, 6.07) is 0.413. The maximum Gasteiger partial charge on any atom is 0.235 e. The third-order valence-electron chi connectivity index (χ3n) is 3.90. The number of carbonyl (C=O) groups excluding carboxylic acids is 1. The third-order valence-corrected chi connectivity index (χ3v) is 3.90. The standard InChI is InChI=1S/C14H29N3O/c1-3-10-16-13(14(15)18)11-17(2)12-8-6-4-5-7-9-12/h12-13,16H,3-11H2,1-2H3,(H2,15,18). The van der Waals surface area contributed by atoms with E-state index >= 15 is 0 Å². The molecule has 0 saturated heterocycles. The lowest BCUT2D eigenvalue weighted by Crippen LogP contribution is -2.50. The van der Waals surface area contributed by atoms with Gasteiger partial charge < -0.3 is 16.0 Å². The van der Waals surface area contributed by atoms with Crippen LogP contribution in [-0.4, -0.2) is 43.0 Å². The molecule has 0 spiro atoms. The van der Waals surface area contributed by atoms with Gasteiger partial charge in [-0.2, -0.15) is 0 Å². The molecule has 0 aromatic heterocycles. The van der Waals surface area contributed by atoms with E-state index in [1.54, 1.807) is 0 Å². The molecule has 0 bridgehead atoms. The lowest BCUT2D eigenvalue weighted by molar-refractivity contribution is -0.120. The van der Waals surface area contributed by atoms with Crippen LogP contribution in [0.2, 0.25) is 0 Å². The van der Waals surface area contributed by atoms with Crippen LogP contribution in [0.25, 0.3) is 0 Å². The molecule has 1 fully saturated rings. The van der Waals surface area contributed by atoms with Crippen molar-refractivity contribution in [3.05, 3.63) is 0 Å². The highest BCUT2D eigenvalue weighted by Crippen LogP contribution is 2.21. The SMILES string of the molecule is CCCNC(CN(C)C1CCCCCC1)C(N)=O. The van der Waals surface area contributed by atoms with Crippen molar-refractivity contribution >= 4 is 5.91 Å². The van der Waals surface area contributed by atoms with E-state index < -0.39 is 0 Å². The fourth-order valence-electron chi connectivity index (χ4n) is 2.71. The molecule has 0 heterocycles. The van der Waals surface area contributed by atoms with E-state index in [0.717, 1.165) is 19.5 Å². The predicted octanol–water partition coefficient (Wildman–Crippen LogP) is 1.49. The molecule has 0 aromatic carbocycles. The highest BCUT2D eigenvalue weighted by atomic mass is 16.1. The minimum absolute atomic E-state index is 0.210. The summed E-state index contributed by atoms with van der Waals surface area (Å²) in [6.07, 6.45) is 8.90. The Bertz CT molecular complexity index is 237. The first-order valence-corrected chi connectivity index (χ1v) is 7.38. The maximum absolute atomic E-state index is 11.4. The van der Waals surface area contributed by atoms with E-state index in [1.807, 2.05) is 0 Å². The number of primary amides is 1. The lowest BCUT2D eigenvalue weighted by Gasteiger charge is -2.30. The van der Waals surface area contributed by atoms with E-state index in [1.165, 1.54) is 38.5 Å². The van der Waals surface area contributed by atoms with Crippen LogP contribution in [0.5, 0.6) is 0 Å². The molecule has 1 aliphatic rings. The Morgan fingerprint density at radius 1 is 1.33 bits per heavy atom. The molecule has 1 atom stereocenters. The number of nitrogens with two attached hydrogens (primary N) is 1. The average Bonchev–Trinajstić information content (AvgIpc) is 2.62. The van der Waals surface area contributed by atoms with Gasteiger partial charge in [-0.15, -0.1) is 0 Å². The molecule has 3 N–H and O–H groups in total. The smallest absolute Gasteiger partial charge is 0.235 e. The van der Waals surface area contributed by atoms with Crippen LogP contribution in [0.15, 0.2) is 0 Å². The van der Waals surface area contributed by atoms with Gasteiger partial charge in [0.2, 0.25) is 5.91 Å². The molecule has 4 heteroatoms. The molecule has 0 aromatic rings. The highest BCUT2D eigenvalue weighted by Gasteiger charge is 2.22. The number of hydrogen-bond acceptors (Lipinski definition) is 3. The Hall–Kier alpha value is -0.610. The molecule has 0 aliphatic heterocycles. The summed E-state index contributed by atoms with van der Waals surface area (Å²) in [6.45, 7) is 3.69. The van der Waals surface area contributed by atoms with Gasteiger partial charge in [-0.05, 0) is 32.9 Å². The molecule has 1 amide bonds. The number of hydrogen-bond donors (Lipinski definition) is 2. The van der Waals surface area contributed by atoms with Crippen LogP contribution in [0.4, 0.5) is 0 Å². The fraction of sp³-hybridized carbons (Fsp3) is 0.929. The normalized spacial score (nSPS) is 19.7. The van der Waals surface area contributed by atoms with Crippen LogP contribution in [0, 0.1) is 0 Å². The quantitative estimate of drug-likeness (QED) is 0.678. The molecule has 1 saturated carbocycles. The number of nitrogens with one attached hydrogen (secondary N) is 1. The van der Waals surface area contributed by atoms with Crippen LogP contribution >= 0.6 is 0 Å². The van der Waals surface area contributed by atoms with Gasteiger partial charge >= 0.3 is 0 Å². The summed E-state index contributed by atoms with van der Waals surface area (Å²) in [4.78, 5) is 13.7. The van der Waals surface area contributed by atoms with Crippen LogP contribution < -0.4 is 11.1 Å². The zero-order chi connectivity index (χ0) is 13.4. The molecule has 0 radical (unpaired) electrons. The monoisotopic (exact) mass is 255 g/mol. The van der Waals surface area contributed by atoms with E-state index in [2.05, 4.69) is 24.2 Å². The van der Waals surface area contributed by atoms with Gasteiger partial charge in [0.05, 0.1) is 6.04 Å². The van der Waals surface area contributed by atoms with Crippen molar-refractivity contribution in [2.75, 3.05) is 20.1 Å². The number of nitrogens with zero attached hydrogens (tertiary/aromatic N) is 1. The fourth-order valence-corrected chi connectivity index (χ4v) is 2.71. The predicted molar refractivity (Wildman–Crippen MR) is 75.4 cm³/mol. The number of rotatable bonds is 7. The molecule has 4 nitrogen and oxygen atoms in total. The van der Waals surface area contributed by atoms with Crippen molar-refractivity contribution in [2.45, 2.75) is 64.0 Å². The minimum atomic E-state index is -0.232. The maximum atomic E-state index is 11.4. The summed E-state index contributed by atoms with van der Waals surface area (Å²) in [5.74, 6) is -0.232. The largest absolute Gasteiger partial charge is 0.368 e. The van der Waals surface area contributed by atoms with Gasteiger partial charge in [-0.3, -0.25) is 4.79 Å². The van der Waals surface area contributed by atoms with Gasteiger partial charge in [0.15, 0.2) is 0 Å². The van der Waals surface area contributed by atoms with Crippen LogP contribution in [-0.2, 0) is 4.79 Å². The second-order valence-corrected chi connectivity index (χ2v) is 5.49. The summed E-state index contributed by atoms with van der Waals surface area (Å²) in [5, 5.41) is 3.24. The van der Waals surface area contributed by atoms with Gasteiger partial charge in [0, 0.05) is 12.6 Å². The van der Waals surface area contributed by atoms with Crippen molar-refractivity contribution in [2.24, 2.45) is 5.73 Å². The van der Waals surface area contributed by atoms with Gasteiger partial charge in [0.25, 0.3) is 0 Å². The average molecular weight is 255 g/mol. The molecule has 1 rings (SSSR count).